The molecule has 2 aromatic rings. The molecule has 18 heavy (non-hydrogen) atoms. The zero-order valence-corrected chi connectivity index (χ0v) is 9.98. The number of benzene rings is 1. The third-order valence-corrected chi connectivity index (χ3v) is 2.43. The first-order valence-corrected chi connectivity index (χ1v) is 5.50. The van der Waals surface area contributed by atoms with Gasteiger partial charge in [-0.3, -0.25) is 4.79 Å². The number of hydrazone groups is 1. The third kappa shape index (κ3) is 2.89. The van der Waals surface area contributed by atoms with E-state index < -0.39 is 5.91 Å². The first-order chi connectivity index (χ1) is 8.66. The van der Waals surface area contributed by atoms with Crippen LogP contribution in [0, 0.1) is 0 Å². The van der Waals surface area contributed by atoms with Crippen LogP contribution in [0.3, 0.4) is 0 Å². The van der Waals surface area contributed by atoms with Gasteiger partial charge < -0.3 is 10.1 Å². The number of aromatic amines is 1. The molecule has 1 aromatic heterocycles. The minimum atomic E-state index is -0.530. The second-order valence-electron chi connectivity index (χ2n) is 3.49. The molecule has 0 aliphatic carbocycles. The van der Waals surface area contributed by atoms with Crippen LogP contribution in [0.25, 0.3) is 0 Å². The lowest BCUT2D eigenvalue weighted by atomic mass is 10.2. The number of hydrogen-bond donors (Lipinski definition) is 3. The van der Waals surface area contributed by atoms with E-state index in [2.05, 4.69) is 15.5 Å². The summed E-state index contributed by atoms with van der Waals surface area (Å²) in [4.78, 5) is 14.6. The number of phenols is 1. The van der Waals surface area contributed by atoms with Crippen LogP contribution in [-0.4, -0.2) is 22.2 Å². The lowest BCUT2D eigenvalue weighted by molar-refractivity contribution is 0.0952. The molecule has 6 heteroatoms. The van der Waals surface area contributed by atoms with Crippen molar-refractivity contribution >= 4 is 23.7 Å². The van der Waals surface area contributed by atoms with Gasteiger partial charge in [0.25, 0.3) is 5.91 Å². The van der Waals surface area contributed by atoms with E-state index in [1.54, 1.807) is 12.3 Å². The number of nitrogens with one attached hydrogen (secondary N) is 2. The van der Waals surface area contributed by atoms with Crippen molar-refractivity contribution in [2.75, 3.05) is 0 Å². The van der Waals surface area contributed by atoms with Gasteiger partial charge in [0.15, 0.2) is 0 Å². The summed E-state index contributed by atoms with van der Waals surface area (Å²) in [5.41, 5.74) is 3.13. The maximum atomic E-state index is 11.7. The Morgan fingerprint density at radius 1 is 1.44 bits per heavy atom. The fraction of sp³-hybridized carbons (Fsp3) is 0. The molecule has 0 saturated heterocycles. The average Bonchev–Trinajstić information content (AvgIpc) is 2.85. The fourth-order valence-electron chi connectivity index (χ4n) is 1.34. The van der Waals surface area contributed by atoms with Crippen LogP contribution in [0.4, 0.5) is 0 Å². The van der Waals surface area contributed by atoms with Crippen LogP contribution in [-0.2, 0) is 0 Å². The highest BCUT2D eigenvalue weighted by Gasteiger charge is 2.10. The fourth-order valence-corrected chi connectivity index (χ4v) is 1.51. The molecule has 0 spiro atoms. The molecule has 0 aliphatic heterocycles. The molecule has 0 atom stereocenters. The molecule has 0 fully saturated rings. The number of hydrogen-bond acceptors (Lipinski definition) is 3. The average molecular weight is 264 g/mol. The standard InChI is InChI=1S/C12H10ClN3O2/c13-8-3-4-11(17)10(6-8)12(18)16-15-7-9-2-1-5-14-9/h1-7,14,17H,(H,16,18). The van der Waals surface area contributed by atoms with Crippen molar-refractivity contribution in [3.63, 3.8) is 0 Å². The van der Waals surface area contributed by atoms with Gasteiger partial charge in [-0.25, -0.2) is 5.43 Å². The van der Waals surface area contributed by atoms with Crippen LogP contribution < -0.4 is 5.43 Å². The van der Waals surface area contributed by atoms with Crippen molar-refractivity contribution < 1.29 is 9.90 Å². The number of carbonyl (C=O) groups is 1. The minimum Gasteiger partial charge on any atom is -0.507 e. The number of amides is 1. The zero-order valence-electron chi connectivity index (χ0n) is 9.22. The summed E-state index contributed by atoms with van der Waals surface area (Å²) >= 11 is 5.74. The molecule has 0 unspecified atom stereocenters. The normalized spacial score (nSPS) is 10.7. The number of nitrogens with zero attached hydrogens (tertiary/aromatic N) is 1. The predicted molar refractivity (Wildman–Crippen MR) is 69.0 cm³/mol. The van der Waals surface area contributed by atoms with E-state index in [4.69, 9.17) is 11.6 Å². The minimum absolute atomic E-state index is 0.0751. The van der Waals surface area contributed by atoms with Gasteiger partial charge in [-0.2, -0.15) is 5.10 Å². The van der Waals surface area contributed by atoms with Gasteiger partial charge in [0, 0.05) is 11.2 Å². The summed E-state index contributed by atoms with van der Waals surface area (Å²) in [5.74, 6) is -0.676. The van der Waals surface area contributed by atoms with E-state index in [0.29, 0.717) is 5.02 Å². The Morgan fingerprint density at radius 2 is 2.28 bits per heavy atom. The molecular weight excluding hydrogens is 254 g/mol. The first-order valence-electron chi connectivity index (χ1n) is 5.12. The van der Waals surface area contributed by atoms with Crippen LogP contribution in [0.5, 0.6) is 5.75 Å². The van der Waals surface area contributed by atoms with Crippen LogP contribution in [0.1, 0.15) is 16.1 Å². The van der Waals surface area contributed by atoms with E-state index in [0.717, 1.165) is 5.69 Å². The molecule has 0 aliphatic rings. The zero-order chi connectivity index (χ0) is 13.0. The summed E-state index contributed by atoms with van der Waals surface area (Å²) in [7, 11) is 0. The predicted octanol–water partition coefficient (Wildman–Crippen LogP) is 2.14. The maximum Gasteiger partial charge on any atom is 0.275 e. The molecule has 1 heterocycles. The van der Waals surface area contributed by atoms with Gasteiger partial charge in [-0.15, -0.1) is 0 Å². The molecule has 1 amide bonds. The Hall–Kier alpha value is -2.27. The smallest absolute Gasteiger partial charge is 0.275 e. The summed E-state index contributed by atoms with van der Waals surface area (Å²) in [6.45, 7) is 0. The van der Waals surface area contributed by atoms with Crippen molar-refractivity contribution in [3.8, 4) is 5.75 Å². The van der Waals surface area contributed by atoms with Gasteiger partial charge in [0.2, 0.25) is 0 Å². The van der Waals surface area contributed by atoms with Gasteiger partial charge in [0.05, 0.1) is 17.5 Å². The highest BCUT2D eigenvalue weighted by atomic mass is 35.5. The van der Waals surface area contributed by atoms with Crippen molar-refractivity contribution in [2.45, 2.75) is 0 Å². The lowest BCUT2D eigenvalue weighted by Crippen LogP contribution is -2.17. The molecule has 0 radical (unpaired) electrons. The Balaban J connectivity index is 2.06. The second-order valence-corrected chi connectivity index (χ2v) is 3.92. The Morgan fingerprint density at radius 3 is 3.00 bits per heavy atom. The van der Waals surface area contributed by atoms with Gasteiger partial charge in [0.1, 0.15) is 5.75 Å². The summed E-state index contributed by atoms with van der Waals surface area (Å²) < 4.78 is 0. The first kappa shape index (κ1) is 12.2. The van der Waals surface area contributed by atoms with Crippen LogP contribution >= 0.6 is 11.6 Å². The number of carbonyl (C=O) groups excluding carboxylic acids is 1. The molecule has 2 rings (SSSR count). The van der Waals surface area contributed by atoms with E-state index in [-0.39, 0.29) is 11.3 Å². The van der Waals surface area contributed by atoms with Crippen LogP contribution in [0.2, 0.25) is 5.02 Å². The molecule has 1 aromatic carbocycles. The molecular formula is C12H10ClN3O2. The summed E-state index contributed by atoms with van der Waals surface area (Å²) in [6.07, 6.45) is 3.20. The van der Waals surface area contributed by atoms with E-state index in [1.807, 2.05) is 6.07 Å². The number of halogens is 1. The Bertz CT molecular complexity index is 579. The van der Waals surface area contributed by atoms with Gasteiger partial charge >= 0.3 is 0 Å². The number of H-pyrrole nitrogens is 1. The number of aromatic hydroxyl groups is 1. The van der Waals surface area contributed by atoms with Crippen molar-refractivity contribution in [1.29, 1.82) is 0 Å². The lowest BCUT2D eigenvalue weighted by Gasteiger charge is -2.02. The van der Waals surface area contributed by atoms with Crippen molar-refractivity contribution in [1.82, 2.24) is 10.4 Å². The summed E-state index contributed by atoms with van der Waals surface area (Å²) in [6, 6.07) is 7.83. The van der Waals surface area contributed by atoms with Crippen molar-refractivity contribution in [3.05, 3.63) is 52.8 Å². The van der Waals surface area contributed by atoms with E-state index in [1.165, 1.54) is 24.4 Å². The Kier molecular flexibility index (Phi) is 3.64. The highest BCUT2D eigenvalue weighted by molar-refractivity contribution is 6.31. The molecule has 0 bridgehead atoms. The quantitative estimate of drug-likeness (QED) is 0.586. The maximum absolute atomic E-state index is 11.7. The van der Waals surface area contributed by atoms with Crippen LogP contribution in [0.15, 0.2) is 41.6 Å². The van der Waals surface area contributed by atoms with Crippen molar-refractivity contribution in [2.24, 2.45) is 5.10 Å². The topological polar surface area (TPSA) is 77.5 Å². The van der Waals surface area contributed by atoms with E-state index >= 15 is 0 Å². The van der Waals surface area contributed by atoms with Gasteiger partial charge in [-0.1, -0.05) is 11.6 Å². The highest BCUT2D eigenvalue weighted by Crippen LogP contribution is 2.21. The molecule has 0 saturated carbocycles. The largest absolute Gasteiger partial charge is 0.507 e. The number of rotatable bonds is 3. The Labute approximate surface area is 108 Å². The molecule has 3 N–H and O–H groups in total. The third-order valence-electron chi connectivity index (χ3n) is 2.19. The SMILES string of the molecule is O=C(NN=Cc1ccc[nH]1)c1cc(Cl)ccc1O. The van der Waals surface area contributed by atoms with Gasteiger partial charge in [-0.05, 0) is 30.3 Å². The molecule has 5 nitrogen and oxygen atoms in total. The number of phenolic OH excluding ortho intramolecular Hbond substituents is 1. The second kappa shape index (κ2) is 5.37. The van der Waals surface area contributed by atoms with E-state index in [9.17, 15) is 9.90 Å². The summed E-state index contributed by atoms with van der Waals surface area (Å²) in [5, 5.41) is 13.6. The number of aromatic nitrogens is 1. The monoisotopic (exact) mass is 263 g/mol. The molecule has 92 valence electrons.